The molecule has 1 unspecified atom stereocenters. The van der Waals surface area contributed by atoms with E-state index in [2.05, 4.69) is 0 Å². The Kier molecular flexibility index (Phi) is 7.91. The van der Waals surface area contributed by atoms with E-state index in [9.17, 15) is 0 Å². The minimum Gasteiger partial charge on any atom is -0.392 e. The third-order valence-electron chi connectivity index (χ3n) is 0.743. The fourth-order valence-corrected chi connectivity index (χ4v) is 0.167. The van der Waals surface area contributed by atoms with Gasteiger partial charge in [0.2, 0.25) is 0 Å². The smallest absolute Gasteiger partial charge is 0.392 e. The predicted molar refractivity (Wildman–Crippen MR) is 39.5 cm³/mol. The van der Waals surface area contributed by atoms with Gasteiger partial charge in [-0.1, -0.05) is 6.92 Å². The van der Waals surface area contributed by atoms with Crippen molar-refractivity contribution in [3.05, 3.63) is 0 Å². The molecule has 0 aliphatic rings. The molecule has 0 aromatic rings. The monoisotopic (exact) mass is 187 g/mol. The Morgan fingerprint density at radius 1 is 1.45 bits per heavy atom. The molecule has 0 aliphatic carbocycles. The average molecular weight is 187 g/mol. The Balaban J connectivity index is 0. The van der Waals surface area contributed by atoms with Gasteiger partial charge < -0.3 is 10.8 Å². The highest BCUT2D eigenvalue weighted by Crippen LogP contribution is 1.81. The first-order chi connectivity index (χ1) is 4.81. The van der Waals surface area contributed by atoms with Crippen LogP contribution in [0.2, 0.25) is 0 Å². The van der Waals surface area contributed by atoms with Crippen molar-refractivity contribution in [2.24, 2.45) is 5.73 Å². The highest BCUT2D eigenvalue weighted by Gasteiger charge is 1.90. The summed E-state index contributed by atoms with van der Waals surface area (Å²) >= 11 is 0. The molecule has 0 aromatic carbocycles. The van der Waals surface area contributed by atoms with Crippen LogP contribution < -0.4 is 5.73 Å². The van der Waals surface area contributed by atoms with Gasteiger partial charge in [-0.3, -0.25) is 9.11 Å². The van der Waals surface area contributed by atoms with E-state index >= 15 is 0 Å². The lowest BCUT2D eigenvalue weighted by Crippen LogP contribution is -2.17. The maximum atomic E-state index is 8.74. The van der Waals surface area contributed by atoms with E-state index in [1.807, 2.05) is 6.92 Å². The first-order valence-corrected chi connectivity index (χ1v) is 4.29. The zero-order valence-corrected chi connectivity index (χ0v) is 6.95. The Morgan fingerprint density at radius 2 is 1.73 bits per heavy atom. The van der Waals surface area contributed by atoms with Gasteiger partial charge in [0.05, 0.1) is 6.10 Å². The van der Waals surface area contributed by atoms with Crippen molar-refractivity contribution in [1.29, 1.82) is 0 Å². The van der Waals surface area contributed by atoms with Gasteiger partial charge in [0.25, 0.3) is 0 Å². The van der Waals surface area contributed by atoms with Gasteiger partial charge in [-0.15, -0.1) is 0 Å². The minimum absolute atomic E-state index is 0.287. The van der Waals surface area contributed by atoms with Crippen LogP contribution in [0.3, 0.4) is 0 Å². The lowest BCUT2D eigenvalue weighted by molar-refractivity contribution is 0.179. The van der Waals surface area contributed by atoms with Gasteiger partial charge in [-0.05, 0) is 6.42 Å². The van der Waals surface area contributed by atoms with Crippen LogP contribution in [0.1, 0.15) is 13.3 Å². The maximum Gasteiger partial charge on any atom is 0.394 e. The van der Waals surface area contributed by atoms with Gasteiger partial charge in [0, 0.05) is 6.54 Å². The average Bonchev–Trinajstić information content (AvgIpc) is 1.83. The molecule has 1 atom stereocenters. The molecule has 0 heterocycles. The van der Waals surface area contributed by atoms with Crippen LogP contribution in [0.4, 0.5) is 0 Å². The third-order valence-corrected chi connectivity index (χ3v) is 0.743. The Labute approximate surface area is 65.6 Å². The van der Waals surface area contributed by atoms with E-state index < -0.39 is 10.4 Å². The first-order valence-electron chi connectivity index (χ1n) is 2.89. The van der Waals surface area contributed by atoms with Crippen LogP contribution in [-0.2, 0) is 10.4 Å². The molecule has 0 saturated heterocycles. The van der Waals surface area contributed by atoms with Gasteiger partial charge in [-0.2, -0.15) is 8.42 Å². The molecule has 6 nitrogen and oxygen atoms in total. The van der Waals surface area contributed by atoms with Crippen LogP contribution in [0.5, 0.6) is 0 Å². The lowest BCUT2D eigenvalue weighted by atomic mass is 10.3. The Hall–Kier alpha value is -0.210. The SMILES string of the molecule is CCC(O)CN.O=S(=O)(O)O. The molecule has 7 heteroatoms. The topological polar surface area (TPSA) is 121 Å². The second-order valence-electron chi connectivity index (χ2n) is 1.75. The predicted octanol–water partition coefficient (Wildman–Crippen LogP) is -0.937. The normalized spacial score (nSPS) is 13.2. The number of aliphatic hydroxyl groups excluding tert-OH is 1. The zero-order valence-electron chi connectivity index (χ0n) is 6.14. The molecule has 0 aromatic heterocycles. The van der Waals surface area contributed by atoms with Crippen LogP contribution >= 0.6 is 0 Å². The highest BCUT2D eigenvalue weighted by molar-refractivity contribution is 7.79. The zero-order chi connectivity index (χ0) is 9.49. The molecule has 0 spiro atoms. The molecular formula is C4H13NO5S. The Bertz CT molecular complexity index is 153. The van der Waals surface area contributed by atoms with Crippen LogP contribution in [0, 0.1) is 0 Å². The maximum absolute atomic E-state index is 8.74. The van der Waals surface area contributed by atoms with E-state index in [-0.39, 0.29) is 6.10 Å². The summed E-state index contributed by atoms with van der Waals surface area (Å²) in [4.78, 5) is 0. The summed E-state index contributed by atoms with van der Waals surface area (Å²) in [6, 6.07) is 0. The summed E-state index contributed by atoms with van der Waals surface area (Å²) in [7, 11) is -4.67. The second-order valence-corrected chi connectivity index (χ2v) is 2.64. The van der Waals surface area contributed by atoms with Crippen LogP contribution in [-0.4, -0.2) is 35.3 Å². The van der Waals surface area contributed by atoms with Crippen molar-refractivity contribution in [1.82, 2.24) is 0 Å². The number of nitrogens with two attached hydrogens (primary N) is 1. The van der Waals surface area contributed by atoms with Crippen LogP contribution in [0.25, 0.3) is 0 Å². The molecular weight excluding hydrogens is 174 g/mol. The molecule has 0 saturated carbocycles. The van der Waals surface area contributed by atoms with Gasteiger partial charge in [0.1, 0.15) is 0 Å². The van der Waals surface area contributed by atoms with E-state index in [1.165, 1.54) is 0 Å². The molecule has 0 radical (unpaired) electrons. The molecule has 0 rings (SSSR count). The van der Waals surface area contributed by atoms with E-state index in [0.717, 1.165) is 6.42 Å². The molecule has 0 bridgehead atoms. The summed E-state index contributed by atoms with van der Waals surface area (Å²) in [5.74, 6) is 0. The fraction of sp³-hybridized carbons (Fsp3) is 1.00. The van der Waals surface area contributed by atoms with E-state index in [1.54, 1.807) is 0 Å². The summed E-state index contributed by atoms with van der Waals surface area (Å²) in [5.41, 5.74) is 5.03. The summed E-state index contributed by atoms with van der Waals surface area (Å²) < 4.78 is 31.6. The largest absolute Gasteiger partial charge is 0.394 e. The quantitative estimate of drug-likeness (QED) is 0.414. The van der Waals surface area contributed by atoms with Gasteiger partial charge >= 0.3 is 10.4 Å². The number of hydrogen-bond acceptors (Lipinski definition) is 4. The second kappa shape index (κ2) is 6.50. The minimum atomic E-state index is -4.67. The van der Waals surface area contributed by atoms with Crippen molar-refractivity contribution in [3.8, 4) is 0 Å². The lowest BCUT2D eigenvalue weighted by Gasteiger charge is -1.98. The van der Waals surface area contributed by atoms with Crippen molar-refractivity contribution in [2.75, 3.05) is 6.54 Å². The van der Waals surface area contributed by atoms with Crippen molar-refractivity contribution in [2.45, 2.75) is 19.4 Å². The standard InChI is InChI=1S/C4H11NO.H2O4S/c1-2-4(6)3-5;1-5(2,3)4/h4,6H,2-3,5H2,1H3;(H2,1,2,3,4). The van der Waals surface area contributed by atoms with Crippen molar-refractivity contribution < 1.29 is 22.6 Å². The molecule has 0 fully saturated rings. The van der Waals surface area contributed by atoms with E-state index in [4.69, 9.17) is 28.4 Å². The molecule has 0 aliphatic heterocycles. The van der Waals surface area contributed by atoms with Gasteiger partial charge in [-0.25, -0.2) is 0 Å². The van der Waals surface area contributed by atoms with E-state index in [0.29, 0.717) is 6.54 Å². The van der Waals surface area contributed by atoms with Crippen molar-refractivity contribution in [3.63, 3.8) is 0 Å². The molecule has 11 heavy (non-hydrogen) atoms. The first kappa shape index (κ1) is 13.4. The number of rotatable bonds is 2. The number of hydrogen-bond donors (Lipinski definition) is 4. The molecule has 0 amide bonds. The summed E-state index contributed by atoms with van der Waals surface area (Å²) in [6.07, 6.45) is 0.473. The summed E-state index contributed by atoms with van der Waals surface area (Å²) in [6.45, 7) is 2.29. The Morgan fingerprint density at radius 3 is 1.73 bits per heavy atom. The highest BCUT2D eigenvalue weighted by atomic mass is 32.3. The third kappa shape index (κ3) is 41.4. The molecule has 70 valence electrons. The molecule has 5 N–H and O–H groups in total. The number of aliphatic hydroxyl groups is 1. The summed E-state index contributed by atoms with van der Waals surface area (Å²) in [5, 5.41) is 8.54. The van der Waals surface area contributed by atoms with Gasteiger partial charge in [0.15, 0.2) is 0 Å². The fourth-order valence-electron chi connectivity index (χ4n) is 0.167. The van der Waals surface area contributed by atoms with Crippen molar-refractivity contribution >= 4 is 10.4 Å². The van der Waals surface area contributed by atoms with Crippen LogP contribution in [0.15, 0.2) is 0 Å².